The number of amides is 2. The maximum absolute atomic E-state index is 12.8. The van der Waals surface area contributed by atoms with Crippen molar-refractivity contribution in [3.63, 3.8) is 0 Å². The number of nitrogens with one attached hydrogen (secondary N) is 3. The molecule has 6 aromatic rings. The van der Waals surface area contributed by atoms with E-state index in [0.29, 0.717) is 55.3 Å². The zero-order valence-corrected chi connectivity index (χ0v) is 35.0. The average molecular weight is 927 g/mol. The summed E-state index contributed by atoms with van der Waals surface area (Å²) in [6, 6.07) is 13.9. The van der Waals surface area contributed by atoms with Crippen LogP contribution in [0.5, 0.6) is 11.5 Å². The van der Waals surface area contributed by atoms with Crippen LogP contribution in [0.2, 0.25) is 16.9 Å². The van der Waals surface area contributed by atoms with E-state index in [1.54, 1.807) is 89.2 Å². The Bertz CT molecular complexity index is 2280. The molecule has 8 rings (SSSR count). The van der Waals surface area contributed by atoms with E-state index in [1.165, 1.54) is 12.4 Å². The zero-order chi connectivity index (χ0) is 40.3. The van der Waals surface area contributed by atoms with E-state index in [-0.39, 0.29) is 24.0 Å². The van der Waals surface area contributed by atoms with Crippen molar-refractivity contribution < 1.29 is 24.1 Å². The Morgan fingerprint density at radius 2 is 1.25 bits per heavy atom. The fourth-order valence-electron chi connectivity index (χ4n) is 6.40. The molecule has 0 spiro atoms. The van der Waals surface area contributed by atoms with Gasteiger partial charge in [0.05, 0.1) is 23.8 Å². The number of nitrogens with zero attached hydrogens (tertiary/aromatic N) is 7. The molecule has 2 aromatic carbocycles. The van der Waals surface area contributed by atoms with Gasteiger partial charge in [-0.25, -0.2) is 19.0 Å². The molecular weight excluding hydrogens is 885 g/mol. The van der Waals surface area contributed by atoms with Gasteiger partial charge < -0.3 is 35.3 Å². The summed E-state index contributed by atoms with van der Waals surface area (Å²) >= 11 is 14.4. The van der Waals surface area contributed by atoms with Crippen molar-refractivity contribution in [3.8, 4) is 11.5 Å². The van der Waals surface area contributed by atoms with Crippen molar-refractivity contribution in [1.82, 2.24) is 39.3 Å². The predicted molar refractivity (Wildman–Crippen MR) is 230 cm³/mol. The number of fused-ring (bicyclic) bond motifs is 2. The number of carbonyl (C=O) groups excluding carboxylic acids is 2. The first kappa shape index (κ1) is 42.1. The fourth-order valence-corrected chi connectivity index (χ4v) is 6.74. The first-order valence-electron chi connectivity index (χ1n) is 18.3. The second-order valence-electron chi connectivity index (χ2n) is 13.1. The molecule has 4 N–H and O–H groups in total. The summed E-state index contributed by atoms with van der Waals surface area (Å²) in [6.07, 6.45) is 13.2. The molecule has 4 aromatic heterocycles. The summed E-state index contributed by atoms with van der Waals surface area (Å²) in [5, 5.41) is 28.1. The number of aromatic nitrogens is 6. The molecule has 2 fully saturated rings. The fraction of sp³-hybridized carbons (Fsp3) is 0.316. The third kappa shape index (κ3) is 10.9. The number of hydrogen-bond acceptors (Lipinski definition) is 11. The third-order valence-corrected chi connectivity index (χ3v) is 9.78. The lowest BCUT2D eigenvalue weighted by Crippen LogP contribution is -2.45. The van der Waals surface area contributed by atoms with Gasteiger partial charge in [0.2, 0.25) is 0 Å². The van der Waals surface area contributed by atoms with Crippen molar-refractivity contribution in [3.05, 3.63) is 107 Å². The van der Waals surface area contributed by atoms with Gasteiger partial charge in [0.25, 0.3) is 11.8 Å². The normalized spacial score (nSPS) is 14.8. The number of alkyl halides is 1. The summed E-state index contributed by atoms with van der Waals surface area (Å²) in [5.41, 5.74) is 2.75. The lowest BCUT2D eigenvalue weighted by molar-refractivity contribution is 0.101. The van der Waals surface area contributed by atoms with E-state index < -0.39 is 7.05 Å². The quantitative estimate of drug-likeness (QED) is 0.0718. The molecule has 0 unspecified atom stereocenters. The van der Waals surface area contributed by atoms with Crippen molar-refractivity contribution in [1.29, 1.82) is 0 Å². The molecule has 15 nitrogen and oxygen atoms in total. The van der Waals surface area contributed by atoms with Crippen molar-refractivity contribution in [2.24, 2.45) is 0 Å². The molecule has 0 radical (unpaired) electrons. The summed E-state index contributed by atoms with van der Waals surface area (Å²) in [5.74, 6) is 0.521. The summed E-state index contributed by atoms with van der Waals surface area (Å²) in [7, 11) is -0.458. The SMILES string of the molecule is CB(O)N1CCC(Oc2ccc(Cl)cc2NC(=O)c2cnn3cccnc23)CC1.CI.O=C(Nc1cc(Cl)ccc1OC1CCNCC1)c1cnn2cccnc12. The standard InChI is InChI=1S/C19H21BClN5O3.C18H18ClN5O2.CH3I/c1-20(28)25-9-5-14(6-10-25)29-17-4-3-13(21)11-16(17)24-19(27)15-12-23-26-8-2-7-22-18(15)26;19-12-2-3-16(26-13-4-7-20-8-5-13)15(10-12)23-18(25)14-11-22-24-9-1-6-21-17(14)24;1-2/h2-4,7-8,11-12,14,28H,5-6,9-10H2,1H3,(H,24,27);1-3,6,9-11,13,20H,4-5,7-8H2,(H,23,25);1H3. The van der Waals surface area contributed by atoms with Gasteiger partial charge in [0.15, 0.2) is 11.3 Å². The molecule has 19 heteroatoms. The molecule has 57 heavy (non-hydrogen) atoms. The minimum Gasteiger partial charge on any atom is -0.488 e. The molecule has 2 aliphatic heterocycles. The first-order valence-corrected chi connectivity index (χ1v) is 21.3. The Morgan fingerprint density at radius 1 is 0.789 bits per heavy atom. The van der Waals surface area contributed by atoms with E-state index in [2.05, 4.69) is 58.7 Å². The third-order valence-electron chi connectivity index (χ3n) is 9.31. The second kappa shape index (κ2) is 20.3. The van der Waals surface area contributed by atoms with Gasteiger partial charge in [0, 0.05) is 34.8 Å². The van der Waals surface area contributed by atoms with E-state index in [9.17, 15) is 14.6 Å². The van der Waals surface area contributed by atoms with Crippen LogP contribution >= 0.6 is 45.8 Å². The topological polar surface area (TPSA) is 173 Å². The maximum atomic E-state index is 12.8. The number of anilines is 2. The smallest absolute Gasteiger partial charge is 0.376 e. The van der Waals surface area contributed by atoms with Crippen molar-refractivity contribution in [2.45, 2.75) is 44.7 Å². The maximum Gasteiger partial charge on any atom is 0.376 e. The van der Waals surface area contributed by atoms with Gasteiger partial charge in [-0.15, -0.1) is 0 Å². The number of piperidine rings is 2. The zero-order valence-electron chi connectivity index (χ0n) is 31.3. The number of carbonyl (C=O) groups is 2. The number of hydrogen-bond donors (Lipinski definition) is 4. The molecule has 0 aliphatic carbocycles. The minimum atomic E-state index is -0.458. The minimum absolute atomic E-state index is 0.000437. The van der Waals surface area contributed by atoms with Crippen LogP contribution < -0.4 is 25.4 Å². The number of benzene rings is 2. The highest BCUT2D eigenvalue weighted by atomic mass is 127. The average Bonchev–Trinajstić information content (AvgIpc) is 3.87. The number of ether oxygens (including phenoxy) is 2. The Balaban J connectivity index is 0.000000186. The van der Waals surface area contributed by atoms with Crippen LogP contribution in [-0.4, -0.2) is 101 Å². The monoisotopic (exact) mass is 926 g/mol. The molecule has 0 bridgehead atoms. The summed E-state index contributed by atoms with van der Waals surface area (Å²) < 4.78 is 15.4. The van der Waals surface area contributed by atoms with Gasteiger partial charge in [-0.3, -0.25) is 9.59 Å². The number of rotatable bonds is 9. The predicted octanol–water partition coefficient (Wildman–Crippen LogP) is 6.41. The van der Waals surface area contributed by atoms with Crippen LogP contribution in [0.3, 0.4) is 0 Å². The molecule has 2 saturated heterocycles. The van der Waals surface area contributed by atoms with Crippen LogP contribution in [0.1, 0.15) is 46.4 Å². The Labute approximate surface area is 353 Å². The van der Waals surface area contributed by atoms with Crippen LogP contribution in [0.25, 0.3) is 11.3 Å². The van der Waals surface area contributed by atoms with Crippen LogP contribution in [0.4, 0.5) is 11.4 Å². The van der Waals surface area contributed by atoms with Gasteiger partial charge >= 0.3 is 7.05 Å². The van der Waals surface area contributed by atoms with Crippen LogP contribution in [0.15, 0.2) is 85.7 Å². The number of halogens is 3. The molecular formula is C38H42BCl2IN10O5. The highest BCUT2D eigenvalue weighted by molar-refractivity contribution is 14.1. The van der Waals surface area contributed by atoms with Crippen molar-refractivity contribution in [2.75, 3.05) is 41.7 Å². The van der Waals surface area contributed by atoms with E-state index in [0.717, 1.165) is 51.9 Å². The summed E-state index contributed by atoms with van der Waals surface area (Å²) in [4.78, 5) is 38.0. The molecule has 298 valence electrons. The lowest BCUT2D eigenvalue weighted by Gasteiger charge is -2.33. The summed E-state index contributed by atoms with van der Waals surface area (Å²) in [6.45, 7) is 5.13. The van der Waals surface area contributed by atoms with Crippen LogP contribution in [0, 0.1) is 0 Å². The van der Waals surface area contributed by atoms with Gasteiger partial charge in [-0.05, 0) is 112 Å². The van der Waals surface area contributed by atoms with Gasteiger partial charge in [-0.1, -0.05) is 45.8 Å². The largest absolute Gasteiger partial charge is 0.488 e. The molecule has 0 saturated carbocycles. The molecule has 0 atom stereocenters. The molecule has 6 heterocycles. The molecule has 2 aliphatic rings. The Kier molecular flexibility index (Phi) is 15.0. The van der Waals surface area contributed by atoms with E-state index in [1.807, 2.05) is 9.74 Å². The van der Waals surface area contributed by atoms with Gasteiger partial charge in [-0.2, -0.15) is 10.2 Å². The first-order chi connectivity index (χ1) is 27.7. The van der Waals surface area contributed by atoms with Crippen LogP contribution in [-0.2, 0) is 0 Å². The Morgan fingerprint density at radius 3 is 1.70 bits per heavy atom. The highest BCUT2D eigenvalue weighted by Crippen LogP contribution is 2.32. The second-order valence-corrected chi connectivity index (χ2v) is 14.0. The van der Waals surface area contributed by atoms with E-state index in [4.69, 9.17) is 32.7 Å². The Hall–Kier alpha value is -4.53. The highest BCUT2D eigenvalue weighted by Gasteiger charge is 2.26. The van der Waals surface area contributed by atoms with Gasteiger partial charge in [0.1, 0.15) is 34.8 Å². The lowest BCUT2D eigenvalue weighted by atomic mass is 9.82. The van der Waals surface area contributed by atoms with E-state index >= 15 is 0 Å². The van der Waals surface area contributed by atoms with Crippen molar-refractivity contribution >= 4 is 87.3 Å². The molecule has 2 amide bonds.